The fourth-order valence-electron chi connectivity index (χ4n) is 2.59. The predicted molar refractivity (Wildman–Crippen MR) is 89.8 cm³/mol. The Morgan fingerprint density at radius 3 is 3.08 bits per heavy atom. The summed E-state index contributed by atoms with van der Waals surface area (Å²) in [5.41, 5.74) is 2.27. The molecule has 0 radical (unpaired) electrons. The first kappa shape index (κ1) is 14.7. The lowest BCUT2D eigenvalue weighted by molar-refractivity contribution is 0.252. The van der Waals surface area contributed by atoms with E-state index >= 15 is 0 Å². The zero-order chi connectivity index (χ0) is 16.4. The maximum Gasteiger partial charge on any atom is 0.319 e. The summed E-state index contributed by atoms with van der Waals surface area (Å²) in [5, 5.41) is 5.68. The molecule has 0 saturated heterocycles. The molecule has 2 aromatic heterocycles. The number of nitrogens with zero attached hydrogens (tertiary/aromatic N) is 3. The summed E-state index contributed by atoms with van der Waals surface area (Å²) < 4.78 is 7.70. The first-order chi connectivity index (χ1) is 11.8. The van der Waals surface area contributed by atoms with E-state index in [-0.39, 0.29) is 6.03 Å². The molecule has 1 saturated carbocycles. The fourth-order valence-corrected chi connectivity index (χ4v) is 2.59. The van der Waals surface area contributed by atoms with E-state index in [9.17, 15) is 4.79 Å². The third kappa shape index (κ3) is 3.40. The van der Waals surface area contributed by atoms with Gasteiger partial charge in [0.2, 0.25) is 0 Å². The second-order valence-corrected chi connectivity index (χ2v) is 6.04. The molecule has 2 N–H and O–H groups in total. The van der Waals surface area contributed by atoms with Gasteiger partial charge in [0, 0.05) is 37.1 Å². The lowest BCUT2D eigenvalue weighted by Gasteiger charge is -2.07. The van der Waals surface area contributed by atoms with Gasteiger partial charge in [0.25, 0.3) is 0 Å². The highest BCUT2D eigenvalue weighted by molar-refractivity contribution is 5.91. The van der Waals surface area contributed by atoms with Gasteiger partial charge in [-0.15, -0.1) is 0 Å². The number of aromatic nitrogens is 3. The number of hydrogen-bond acceptors (Lipinski definition) is 4. The Hall–Kier alpha value is -2.83. The van der Waals surface area contributed by atoms with E-state index in [4.69, 9.17) is 4.42 Å². The molecule has 7 nitrogen and oxygen atoms in total. The van der Waals surface area contributed by atoms with Crippen LogP contribution in [0.5, 0.6) is 0 Å². The van der Waals surface area contributed by atoms with Crippen molar-refractivity contribution in [3.8, 4) is 0 Å². The number of hydrogen-bond donors (Lipinski definition) is 2. The number of aryl methyl sites for hydroxylation is 1. The first-order valence-electron chi connectivity index (χ1n) is 8.19. The monoisotopic (exact) mass is 325 g/mol. The molecule has 24 heavy (non-hydrogen) atoms. The molecule has 3 aromatic rings. The summed E-state index contributed by atoms with van der Waals surface area (Å²) in [6, 6.07) is 5.30. The van der Waals surface area contributed by atoms with Crippen molar-refractivity contribution in [2.24, 2.45) is 0 Å². The van der Waals surface area contributed by atoms with Gasteiger partial charge in [-0.2, -0.15) is 0 Å². The number of fused-ring (bicyclic) bond motifs is 1. The van der Waals surface area contributed by atoms with Crippen LogP contribution in [0.3, 0.4) is 0 Å². The van der Waals surface area contributed by atoms with Gasteiger partial charge < -0.3 is 19.6 Å². The first-order valence-corrected chi connectivity index (χ1v) is 8.19. The van der Waals surface area contributed by atoms with Crippen molar-refractivity contribution in [3.63, 3.8) is 0 Å². The molecule has 1 aliphatic rings. The Bertz CT molecular complexity index is 836. The molecule has 4 rings (SSSR count). The molecule has 0 aliphatic heterocycles. The standard InChI is InChI=1S/C17H19N5O2/c23-17(19-6-1-8-22-9-7-18-11-22)20-13-4-5-15-14(10-13)21-16(24-15)12-2-3-12/h4-5,7,9-12H,1-3,6,8H2,(H2,19,20,23). The Morgan fingerprint density at radius 2 is 2.29 bits per heavy atom. The number of imidazole rings is 1. The van der Waals surface area contributed by atoms with Crippen molar-refractivity contribution < 1.29 is 9.21 Å². The van der Waals surface area contributed by atoms with Crippen molar-refractivity contribution in [2.45, 2.75) is 31.7 Å². The number of nitrogens with one attached hydrogen (secondary N) is 2. The number of benzene rings is 1. The van der Waals surface area contributed by atoms with Crippen LogP contribution in [-0.4, -0.2) is 27.1 Å². The molecule has 0 bridgehead atoms. The normalized spacial score (nSPS) is 14.0. The van der Waals surface area contributed by atoms with E-state index in [1.165, 1.54) is 0 Å². The SMILES string of the molecule is O=C(NCCCn1ccnc1)Nc1ccc2oc(C3CC3)nc2c1. The maximum absolute atomic E-state index is 11.9. The Morgan fingerprint density at radius 1 is 1.38 bits per heavy atom. The predicted octanol–water partition coefficient (Wildman–Crippen LogP) is 3.11. The van der Waals surface area contributed by atoms with Crippen LogP contribution < -0.4 is 10.6 Å². The molecule has 2 heterocycles. The Labute approximate surface area is 139 Å². The molecule has 0 atom stereocenters. The molecule has 0 spiro atoms. The summed E-state index contributed by atoms with van der Waals surface area (Å²) in [6.07, 6.45) is 8.57. The lowest BCUT2D eigenvalue weighted by atomic mass is 10.3. The van der Waals surface area contributed by atoms with Crippen LogP contribution in [0.2, 0.25) is 0 Å². The molecule has 1 fully saturated rings. The number of carbonyl (C=O) groups excluding carboxylic acids is 1. The molecular formula is C17H19N5O2. The molecule has 7 heteroatoms. The van der Waals surface area contributed by atoms with Crippen LogP contribution in [0.25, 0.3) is 11.1 Å². The van der Waals surface area contributed by atoms with Crippen LogP contribution in [0.1, 0.15) is 31.1 Å². The number of rotatable bonds is 6. The van der Waals surface area contributed by atoms with E-state index in [1.807, 2.05) is 29.0 Å². The summed E-state index contributed by atoms with van der Waals surface area (Å²) in [4.78, 5) is 20.4. The van der Waals surface area contributed by atoms with E-state index in [1.54, 1.807) is 12.5 Å². The second-order valence-electron chi connectivity index (χ2n) is 6.04. The van der Waals surface area contributed by atoms with Gasteiger partial charge in [0.15, 0.2) is 11.5 Å². The van der Waals surface area contributed by atoms with E-state index in [0.29, 0.717) is 18.2 Å². The minimum atomic E-state index is -0.217. The molecule has 1 aromatic carbocycles. The highest BCUT2D eigenvalue weighted by Crippen LogP contribution is 2.40. The van der Waals surface area contributed by atoms with Crippen molar-refractivity contribution in [1.82, 2.24) is 19.9 Å². The molecule has 0 unspecified atom stereocenters. The van der Waals surface area contributed by atoms with Crippen molar-refractivity contribution in [2.75, 3.05) is 11.9 Å². The zero-order valence-corrected chi connectivity index (χ0v) is 13.2. The van der Waals surface area contributed by atoms with Gasteiger partial charge in [-0.25, -0.2) is 14.8 Å². The van der Waals surface area contributed by atoms with E-state index < -0.39 is 0 Å². The summed E-state index contributed by atoms with van der Waals surface area (Å²) in [7, 11) is 0. The topological polar surface area (TPSA) is 85.0 Å². The number of oxazole rings is 1. The third-order valence-corrected chi connectivity index (χ3v) is 4.03. The average molecular weight is 325 g/mol. The van der Waals surface area contributed by atoms with E-state index in [0.717, 1.165) is 42.8 Å². The van der Waals surface area contributed by atoms with Gasteiger partial charge in [-0.05, 0) is 37.5 Å². The summed E-state index contributed by atoms with van der Waals surface area (Å²) >= 11 is 0. The summed E-state index contributed by atoms with van der Waals surface area (Å²) in [5.74, 6) is 1.29. The average Bonchev–Trinajstić information content (AvgIpc) is 3.13. The van der Waals surface area contributed by atoms with Crippen LogP contribution in [0, 0.1) is 0 Å². The Balaban J connectivity index is 1.29. The van der Waals surface area contributed by atoms with Crippen LogP contribution in [0.4, 0.5) is 10.5 Å². The number of urea groups is 1. The van der Waals surface area contributed by atoms with Crippen molar-refractivity contribution in [1.29, 1.82) is 0 Å². The number of anilines is 1. The highest BCUT2D eigenvalue weighted by Gasteiger charge is 2.28. The van der Waals surface area contributed by atoms with Gasteiger partial charge >= 0.3 is 6.03 Å². The van der Waals surface area contributed by atoms with E-state index in [2.05, 4.69) is 20.6 Å². The van der Waals surface area contributed by atoms with Gasteiger partial charge in [-0.3, -0.25) is 0 Å². The molecule has 2 amide bonds. The minimum Gasteiger partial charge on any atom is -0.440 e. The van der Waals surface area contributed by atoms with Gasteiger partial charge in [0.1, 0.15) is 5.52 Å². The third-order valence-electron chi connectivity index (χ3n) is 4.03. The number of amides is 2. The van der Waals surface area contributed by atoms with Gasteiger partial charge in [-0.1, -0.05) is 0 Å². The smallest absolute Gasteiger partial charge is 0.319 e. The highest BCUT2D eigenvalue weighted by atomic mass is 16.3. The van der Waals surface area contributed by atoms with Gasteiger partial charge in [0.05, 0.1) is 6.33 Å². The van der Waals surface area contributed by atoms with Crippen molar-refractivity contribution in [3.05, 3.63) is 42.8 Å². The largest absolute Gasteiger partial charge is 0.440 e. The fraction of sp³-hybridized carbons (Fsp3) is 0.353. The van der Waals surface area contributed by atoms with Crippen LogP contribution in [0.15, 0.2) is 41.3 Å². The zero-order valence-electron chi connectivity index (χ0n) is 13.2. The lowest BCUT2D eigenvalue weighted by Crippen LogP contribution is -2.30. The second kappa shape index (κ2) is 6.35. The maximum atomic E-state index is 11.9. The number of carbonyl (C=O) groups is 1. The van der Waals surface area contributed by atoms with Crippen LogP contribution in [-0.2, 0) is 6.54 Å². The van der Waals surface area contributed by atoms with Crippen molar-refractivity contribution >= 4 is 22.8 Å². The molecule has 1 aliphatic carbocycles. The Kier molecular flexibility index (Phi) is 3.90. The molecule has 124 valence electrons. The minimum absolute atomic E-state index is 0.217. The molecular weight excluding hydrogens is 306 g/mol. The summed E-state index contributed by atoms with van der Waals surface area (Å²) in [6.45, 7) is 1.43. The van der Waals surface area contributed by atoms with Crippen LogP contribution >= 0.6 is 0 Å². The quantitative estimate of drug-likeness (QED) is 0.682.